The second-order valence-corrected chi connectivity index (χ2v) is 8.64. The molecule has 0 saturated carbocycles. The lowest BCUT2D eigenvalue weighted by Crippen LogP contribution is -2.14. The summed E-state index contributed by atoms with van der Waals surface area (Å²) < 4.78 is 2.00. The molecule has 1 amide bonds. The fraction of sp³-hybridized carbons (Fsp3) is 0.0833. The van der Waals surface area contributed by atoms with Crippen LogP contribution in [-0.4, -0.2) is 31.2 Å². The Hall–Kier alpha value is -3.42. The van der Waals surface area contributed by atoms with Crippen LogP contribution in [0.25, 0.3) is 28.1 Å². The summed E-state index contributed by atoms with van der Waals surface area (Å²) in [5, 5.41) is 12.9. The van der Waals surface area contributed by atoms with Crippen molar-refractivity contribution in [2.24, 2.45) is 0 Å². The molecule has 3 aromatic carbocycles. The molecule has 0 atom stereocenters. The standard InChI is InChI=1S/C24H18ClN5OS/c1-15-10-12-16(13-11-15)22-28-29-23-24(27-19-8-4-5-9-20(19)30(22)23)32-14-21(31)26-18-7-3-2-6-17(18)25/h2-13H,14H2,1H3,(H,26,31). The minimum absolute atomic E-state index is 0.166. The lowest BCUT2D eigenvalue weighted by Gasteiger charge is -2.09. The van der Waals surface area contributed by atoms with Gasteiger partial charge in [-0.15, -0.1) is 10.2 Å². The van der Waals surface area contributed by atoms with E-state index in [0.717, 1.165) is 22.4 Å². The van der Waals surface area contributed by atoms with Gasteiger partial charge in [-0.2, -0.15) is 0 Å². The predicted molar refractivity (Wildman–Crippen MR) is 129 cm³/mol. The SMILES string of the molecule is Cc1ccc(-c2nnc3c(SCC(=O)Nc4ccccc4Cl)nc4ccccc4n23)cc1. The largest absolute Gasteiger partial charge is 0.324 e. The van der Waals surface area contributed by atoms with Gasteiger partial charge in [0.1, 0.15) is 5.03 Å². The number of nitrogens with one attached hydrogen (secondary N) is 1. The van der Waals surface area contributed by atoms with Crippen LogP contribution in [0, 0.1) is 6.92 Å². The molecule has 0 aliphatic carbocycles. The average molecular weight is 460 g/mol. The average Bonchev–Trinajstić information content (AvgIpc) is 3.25. The number of carbonyl (C=O) groups is 1. The van der Waals surface area contributed by atoms with Crippen LogP contribution in [0.1, 0.15) is 5.56 Å². The Balaban J connectivity index is 1.51. The molecule has 6 nitrogen and oxygen atoms in total. The van der Waals surface area contributed by atoms with Gasteiger partial charge in [0.25, 0.3) is 0 Å². The van der Waals surface area contributed by atoms with Crippen LogP contribution in [0.15, 0.2) is 77.8 Å². The van der Waals surface area contributed by atoms with Gasteiger partial charge in [0, 0.05) is 5.56 Å². The third-order valence-electron chi connectivity index (χ3n) is 5.00. The van der Waals surface area contributed by atoms with Crippen molar-refractivity contribution in [1.82, 2.24) is 19.6 Å². The van der Waals surface area contributed by atoms with E-state index in [1.807, 2.05) is 59.9 Å². The molecule has 0 aliphatic heterocycles. The van der Waals surface area contributed by atoms with Gasteiger partial charge in [0.05, 0.1) is 27.5 Å². The smallest absolute Gasteiger partial charge is 0.234 e. The number of rotatable bonds is 5. The van der Waals surface area contributed by atoms with E-state index in [1.165, 1.54) is 17.3 Å². The highest BCUT2D eigenvalue weighted by Crippen LogP contribution is 2.29. The lowest BCUT2D eigenvalue weighted by molar-refractivity contribution is -0.113. The van der Waals surface area contributed by atoms with Crippen molar-refractivity contribution in [2.75, 3.05) is 11.1 Å². The molecule has 2 heterocycles. The molecule has 0 bridgehead atoms. The van der Waals surface area contributed by atoms with Crippen LogP contribution >= 0.6 is 23.4 Å². The molecule has 1 N–H and O–H groups in total. The number of carbonyl (C=O) groups excluding carboxylic acids is 1. The summed E-state index contributed by atoms with van der Waals surface area (Å²) >= 11 is 7.46. The molecule has 0 aliphatic rings. The van der Waals surface area contributed by atoms with E-state index >= 15 is 0 Å². The summed E-state index contributed by atoms with van der Waals surface area (Å²) in [5.41, 5.74) is 5.06. The third kappa shape index (κ3) is 3.92. The number of fused-ring (bicyclic) bond motifs is 3. The van der Waals surface area contributed by atoms with Crippen LogP contribution in [0.3, 0.4) is 0 Å². The quantitative estimate of drug-likeness (QED) is 0.344. The topological polar surface area (TPSA) is 72.2 Å². The maximum Gasteiger partial charge on any atom is 0.234 e. The van der Waals surface area contributed by atoms with Crippen LogP contribution < -0.4 is 5.32 Å². The van der Waals surface area contributed by atoms with Crippen molar-refractivity contribution >= 4 is 51.6 Å². The van der Waals surface area contributed by atoms with Crippen molar-refractivity contribution in [1.29, 1.82) is 0 Å². The van der Waals surface area contributed by atoms with E-state index in [9.17, 15) is 4.79 Å². The summed E-state index contributed by atoms with van der Waals surface area (Å²) in [4.78, 5) is 17.3. The van der Waals surface area contributed by atoms with Crippen molar-refractivity contribution in [2.45, 2.75) is 11.9 Å². The molecule has 2 aromatic heterocycles. The Bertz CT molecular complexity index is 1450. The van der Waals surface area contributed by atoms with E-state index < -0.39 is 0 Å². The van der Waals surface area contributed by atoms with Gasteiger partial charge in [-0.25, -0.2) is 4.98 Å². The fourth-order valence-electron chi connectivity index (χ4n) is 3.43. The first-order chi connectivity index (χ1) is 15.6. The number of amides is 1. The molecule has 5 aromatic rings. The van der Waals surface area contributed by atoms with Crippen molar-refractivity contribution in [3.05, 3.63) is 83.4 Å². The normalized spacial score (nSPS) is 11.2. The Labute approximate surface area is 193 Å². The first-order valence-electron chi connectivity index (χ1n) is 9.98. The minimum Gasteiger partial charge on any atom is -0.324 e. The van der Waals surface area contributed by atoms with E-state index in [4.69, 9.17) is 16.6 Å². The van der Waals surface area contributed by atoms with E-state index in [1.54, 1.807) is 12.1 Å². The number of hydrogen-bond acceptors (Lipinski definition) is 5. The van der Waals surface area contributed by atoms with Crippen LogP contribution in [0.4, 0.5) is 5.69 Å². The number of aryl methyl sites for hydroxylation is 1. The molecule has 0 spiro atoms. The Morgan fingerprint density at radius 2 is 1.75 bits per heavy atom. The number of nitrogens with zero attached hydrogens (tertiary/aromatic N) is 4. The molecule has 0 unspecified atom stereocenters. The predicted octanol–water partition coefficient (Wildman–Crippen LogP) is 5.64. The first kappa shape index (κ1) is 20.5. The summed E-state index contributed by atoms with van der Waals surface area (Å²) in [6.07, 6.45) is 0. The van der Waals surface area contributed by atoms with Gasteiger partial charge >= 0.3 is 0 Å². The molecule has 32 heavy (non-hydrogen) atoms. The highest BCUT2D eigenvalue weighted by Gasteiger charge is 2.17. The minimum atomic E-state index is -0.172. The number of benzene rings is 3. The van der Waals surface area contributed by atoms with Crippen LogP contribution in [0.2, 0.25) is 5.02 Å². The summed E-state index contributed by atoms with van der Waals surface area (Å²) in [7, 11) is 0. The van der Waals surface area contributed by atoms with Gasteiger partial charge in [-0.05, 0) is 31.2 Å². The highest BCUT2D eigenvalue weighted by atomic mass is 35.5. The third-order valence-corrected chi connectivity index (χ3v) is 6.28. The molecule has 0 radical (unpaired) electrons. The van der Waals surface area contributed by atoms with Crippen molar-refractivity contribution < 1.29 is 4.79 Å². The van der Waals surface area contributed by atoms with Gasteiger partial charge in [-0.1, -0.05) is 77.5 Å². The molecular formula is C24H18ClN5OS. The van der Waals surface area contributed by atoms with Crippen molar-refractivity contribution in [3.8, 4) is 11.4 Å². The molecule has 0 saturated heterocycles. The van der Waals surface area contributed by atoms with Crippen LogP contribution in [0.5, 0.6) is 0 Å². The maximum atomic E-state index is 12.5. The number of hydrogen-bond donors (Lipinski definition) is 1. The lowest BCUT2D eigenvalue weighted by atomic mass is 10.1. The van der Waals surface area contributed by atoms with Gasteiger partial charge in [0.2, 0.25) is 5.91 Å². The summed E-state index contributed by atoms with van der Waals surface area (Å²) in [6, 6.07) is 23.2. The molecular weight excluding hydrogens is 442 g/mol. The molecule has 158 valence electrons. The van der Waals surface area contributed by atoms with E-state index in [-0.39, 0.29) is 11.7 Å². The second-order valence-electron chi connectivity index (χ2n) is 7.27. The number of halogens is 1. The van der Waals surface area contributed by atoms with Crippen molar-refractivity contribution in [3.63, 3.8) is 0 Å². The summed E-state index contributed by atoms with van der Waals surface area (Å²) in [5.74, 6) is 0.731. The zero-order valence-corrected chi connectivity index (χ0v) is 18.7. The monoisotopic (exact) mass is 459 g/mol. The highest BCUT2D eigenvalue weighted by molar-refractivity contribution is 8.00. The number of anilines is 1. The molecule has 0 fully saturated rings. The molecule has 5 rings (SSSR count). The maximum absolute atomic E-state index is 12.5. The fourth-order valence-corrected chi connectivity index (χ4v) is 4.37. The second kappa shape index (κ2) is 8.61. The Morgan fingerprint density at radius 1 is 1.00 bits per heavy atom. The number of thioether (sulfide) groups is 1. The zero-order chi connectivity index (χ0) is 22.1. The van der Waals surface area contributed by atoms with E-state index in [2.05, 4.69) is 27.6 Å². The van der Waals surface area contributed by atoms with Gasteiger partial charge in [0.15, 0.2) is 11.5 Å². The summed E-state index contributed by atoms with van der Waals surface area (Å²) in [6.45, 7) is 2.05. The van der Waals surface area contributed by atoms with Gasteiger partial charge < -0.3 is 5.32 Å². The zero-order valence-electron chi connectivity index (χ0n) is 17.1. The van der Waals surface area contributed by atoms with Gasteiger partial charge in [-0.3, -0.25) is 9.20 Å². The number of para-hydroxylation sites is 3. The Morgan fingerprint density at radius 3 is 2.56 bits per heavy atom. The first-order valence-corrected chi connectivity index (χ1v) is 11.3. The van der Waals surface area contributed by atoms with E-state index in [0.29, 0.717) is 21.4 Å². The van der Waals surface area contributed by atoms with Crippen LogP contribution in [-0.2, 0) is 4.79 Å². The Kier molecular flexibility index (Phi) is 5.51. The number of aromatic nitrogens is 4. The molecule has 8 heteroatoms.